The molecule has 0 atom stereocenters. The standard InChI is InChI=1S/C16H22FN3/c1-11(2)20-13-7-5-6-12(17)15(13)19-14(20)10-16(18)8-3-4-9-16/h5-7,11H,3-4,8-10,18H2,1-2H3. The third kappa shape index (κ3) is 2.22. The van der Waals surface area contributed by atoms with Gasteiger partial charge in [0.05, 0.1) is 5.52 Å². The van der Waals surface area contributed by atoms with Crippen LogP contribution < -0.4 is 5.73 Å². The summed E-state index contributed by atoms with van der Waals surface area (Å²) in [7, 11) is 0. The number of aromatic nitrogens is 2. The van der Waals surface area contributed by atoms with E-state index in [1.165, 1.54) is 18.9 Å². The first-order chi connectivity index (χ1) is 9.50. The molecule has 2 N–H and O–H groups in total. The molecule has 0 spiro atoms. The summed E-state index contributed by atoms with van der Waals surface area (Å²) >= 11 is 0. The first kappa shape index (κ1) is 13.6. The number of hydrogen-bond donors (Lipinski definition) is 1. The van der Waals surface area contributed by atoms with Crippen LogP contribution in [0.5, 0.6) is 0 Å². The number of hydrogen-bond acceptors (Lipinski definition) is 2. The van der Waals surface area contributed by atoms with E-state index in [9.17, 15) is 4.39 Å². The zero-order valence-electron chi connectivity index (χ0n) is 12.2. The second kappa shape index (κ2) is 4.85. The van der Waals surface area contributed by atoms with Crippen LogP contribution >= 0.6 is 0 Å². The number of nitrogens with two attached hydrogens (primary N) is 1. The largest absolute Gasteiger partial charge is 0.325 e. The number of halogens is 1. The fourth-order valence-corrected chi connectivity index (χ4v) is 3.40. The second-order valence-corrected chi connectivity index (χ2v) is 6.35. The smallest absolute Gasteiger partial charge is 0.151 e. The Morgan fingerprint density at radius 3 is 2.70 bits per heavy atom. The minimum Gasteiger partial charge on any atom is -0.325 e. The molecule has 1 aromatic carbocycles. The van der Waals surface area contributed by atoms with Crippen LogP contribution in [0.25, 0.3) is 11.0 Å². The van der Waals surface area contributed by atoms with E-state index in [1.807, 2.05) is 6.07 Å². The normalized spacial score (nSPS) is 18.2. The van der Waals surface area contributed by atoms with Crippen molar-refractivity contribution >= 4 is 11.0 Å². The maximum atomic E-state index is 13.9. The molecule has 1 aromatic heterocycles. The predicted octanol–water partition coefficient (Wildman–Crippen LogP) is 3.57. The van der Waals surface area contributed by atoms with Gasteiger partial charge in [0.25, 0.3) is 0 Å². The fraction of sp³-hybridized carbons (Fsp3) is 0.562. The van der Waals surface area contributed by atoms with Crippen LogP contribution in [0.4, 0.5) is 4.39 Å². The van der Waals surface area contributed by atoms with E-state index in [4.69, 9.17) is 5.73 Å². The van der Waals surface area contributed by atoms with Crippen LogP contribution in [0.15, 0.2) is 18.2 Å². The van der Waals surface area contributed by atoms with E-state index < -0.39 is 0 Å². The molecule has 1 aliphatic carbocycles. The summed E-state index contributed by atoms with van der Waals surface area (Å²) in [6, 6.07) is 5.40. The van der Waals surface area contributed by atoms with Gasteiger partial charge in [0.1, 0.15) is 11.3 Å². The number of imidazole rings is 1. The van der Waals surface area contributed by atoms with Gasteiger partial charge >= 0.3 is 0 Å². The molecule has 20 heavy (non-hydrogen) atoms. The van der Waals surface area contributed by atoms with E-state index in [0.29, 0.717) is 5.52 Å². The highest BCUT2D eigenvalue weighted by Crippen LogP contribution is 2.32. The molecule has 0 saturated heterocycles. The lowest BCUT2D eigenvalue weighted by Gasteiger charge is -2.24. The summed E-state index contributed by atoms with van der Waals surface area (Å²) in [5.74, 6) is 0.671. The van der Waals surface area contributed by atoms with Crippen molar-refractivity contribution in [1.29, 1.82) is 0 Å². The second-order valence-electron chi connectivity index (χ2n) is 6.35. The summed E-state index contributed by atoms with van der Waals surface area (Å²) in [5, 5.41) is 0. The minimum absolute atomic E-state index is 0.162. The van der Waals surface area contributed by atoms with Crippen LogP contribution in [0, 0.1) is 5.82 Å². The van der Waals surface area contributed by atoms with Crippen molar-refractivity contribution in [1.82, 2.24) is 9.55 Å². The van der Waals surface area contributed by atoms with Gasteiger partial charge < -0.3 is 10.3 Å². The Hall–Kier alpha value is -1.42. The molecular formula is C16H22FN3. The predicted molar refractivity (Wildman–Crippen MR) is 79.2 cm³/mol. The number of rotatable bonds is 3. The van der Waals surface area contributed by atoms with Crippen LogP contribution in [-0.4, -0.2) is 15.1 Å². The highest BCUT2D eigenvalue weighted by atomic mass is 19.1. The molecule has 0 amide bonds. The van der Waals surface area contributed by atoms with E-state index in [2.05, 4.69) is 23.4 Å². The van der Waals surface area contributed by atoms with E-state index in [-0.39, 0.29) is 17.4 Å². The molecule has 3 rings (SSSR count). The lowest BCUT2D eigenvalue weighted by Crippen LogP contribution is -2.39. The van der Waals surface area contributed by atoms with Crippen molar-refractivity contribution in [3.05, 3.63) is 29.8 Å². The average molecular weight is 275 g/mol. The van der Waals surface area contributed by atoms with Crippen molar-refractivity contribution < 1.29 is 4.39 Å². The summed E-state index contributed by atoms with van der Waals surface area (Å²) in [4.78, 5) is 4.55. The summed E-state index contributed by atoms with van der Waals surface area (Å²) < 4.78 is 16.1. The van der Waals surface area contributed by atoms with Gasteiger partial charge in [-0.25, -0.2) is 9.37 Å². The van der Waals surface area contributed by atoms with Gasteiger partial charge in [-0.15, -0.1) is 0 Å². The van der Waals surface area contributed by atoms with E-state index in [1.54, 1.807) is 6.07 Å². The number of benzene rings is 1. The molecule has 2 aromatic rings. The Balaban J connectivity index is 2.09. The van der Waals surface area contributed by atoms with E-state index in [0.717, 1.165) is 30.6 Å². The first-order valence-corrected chi connectivity index (χ1v) is 7.44. The summed E-state index contributed by atoms with van der Waals surface area (Å²) in [6.45, 7) is 4.21. The zero-order chi connectivity index (χ0) is 14.3. The number of fused-ring (bicyclic) bond motifs is 1. The molecule has 4 heteroatoms. The molecular weight excluding hydrogens is 253 g/mol. The van der Waals surface area contributed by atoms with Crippen molar-refractivity contribution in [2.24, 2.45) is 5.73 Å². The van der Waals surface area contributed by atoms with Gasteiger partial charge in [0.15, 0.2) is 5.82 Å². The maximum absolute atomic E-state index is 13.9. The molecule has 0 unspecified atom stereocenters. The van der Waals surface area contributed by atoms with Crippen molar-refractivity contribution in [2.45, 2.75) is 57.5 Å². The van der Waals surface area contributed by atoms with Crippen LogP contribution in [0.3, 0.4) is 0 Å². The molecule has 1 fully saturated rings. The Labute approximate surface area is 119 Å². The van der Waals surface area contributed by atoms with Crippen LogP contribution in [0.2, 0.25) is 0 Å². The van der Waals surface area contributed by atoms with Crippen LogP contribution in [-0.2, 0) is 6.42 Å². The molecule has 0 radical (unpaired) electrons. The number of nitrogens with zero attached hydrogens (tertiary/aromatic N) is 2. The maximum Gasteiger partial charge on any atom is 0.151 e. The number of para-hydroxylation sites is 1. The SMILES string of the molecule is CC(C)n1c(CC2(N)CCCC2)nc2c(F)cccc21. The lowest BCUT2D eigenvalue weighted by atomic mass is 9.94. The van der Waals surface area contributed by atoms with Crippen LogP contribution in [0.1, 0.15) is 51.4 Å². The Morgan fingerprint density at radius 2 is 2.05 bits per heavy atom. The lowest BCUT2D eigenvalue weighted by molar-refractivity contribution is 0.413. The zero-order valence-corrected chi connectivity index (χ0v) is 12.2. The Morgan fingerprint density at radius 1 is 1.35 bits per heavy atom. The Kier molecular flexibility index (Phi) is 3.28. The van der Waals surface area contributed by atoms with Gasteiger partial charge in [0, 0.05) is 18.0 Å². The highest BCUT2D eigenvalue weighted by Gasteiger charge is 2.32. The highest BCUT2D eigenvalue weighted by molar-refractivity contribution is 5.76. The first-order valence-electron chi connectivity index (χ1n) is 7.44. The van der Waals surface area contributed by atoms with Gasteiger partial charge in [-0.05, 0) is 38.8 Å². The topological polar surface area (TPSA) is 43.8 Å². The van der Waals surface area contributed by atoms with Gasteiger partial charge in [-0.2, -0.15) is 0 Å². The van der Waals surface area contributed by atoms with Gasteiger partial charge in [-0.1, -0.05) is 18.9 Å². The summed E-state index contributed by atoms with van der Waals surface area (Å²) in [6.07, 6.45) is 5.19. The quantitative estimate of drug-likeness (QED) is 0.930. The van der Waals surface area contributed by atoms with Gasteiger partial charge in [0.2, 0.25) is 0 Å². The third-order valence-electron chi connectivity index (χ3n) is 4.37. The Bertz CT molecular complexity index is 624. The average Bonchev–Trinajstić information content (AvgIpc) is 2.94. The van der Waals surface area contributed by atoms with Gasteiger partial charge in [-0.3, -0.25) is 0 Å². The van der Waals surface area contributed by atoms with E-state index >= 15 is 0 Å². The fourth-order valence-electron chi connectivity index (χ4n) is 3.40. The van der Waals surface area contributed by atoms with Crippen molar-refractivity contribution in [3.63, 3.8) is 0 Å². The summed E-state index contributed by atoms with van der Waals surface area (Å²) in [5.41, 5.74) is 7.65. The van der Waals surface area contributed by atoms with Crippen molar-refractivity contribution in [3.8, 4) is 0 Å². The molecule has 1 heterocycles. The van der Waals surface area contributed by atoms with Crippen molar-refractivity contribution in [2.75, 3.05) is 0 Å². The minimum atomic E-state index is -0.249. The molecule has 3 nitrogen and oxygen atoms in total. The molecule has 1 saturated carbocycles. The third-order valence-corrected chi connectivity index (χ3v) is 4.37. The monoisotopic (exact) mass is 275 g/mol. The molecule has 1 aliphatic rings. The molecule has 0 bridgehead atoms. The molecule has 108 valence electrons. The molecule has 0 aliphatic heterocycles.